The van der Waals surface area contributed by atoms with Crippen LogP contribution in [0.5, 0.6) is 0 Å². The number of thiophene rings is 3. The van der Waals surface area contributed by atoms with Crippen molar-refractivity contribution in [3.8, 4) is 19.5 Å². The average molecular weight is 498 g/mol. The van der Waals surface area contributed by atoms with Gasteiger partial charge in [0.2, 0.25) is 0 Å². The van der Waals surface area contributed by atoms with Gasteiger partial charge in [0.1, 0.15) is 0 Å². The summed E-state index contributed by atoms with van der Waals surface area (Å²) in [4.78, 5) is 6.23. The molecule has 3 heterocycles. The third-order valence-corrected chi connectivity index (χ3v) is 9.32. The van der Waals surface area contributed by atoms with Gasteiger partial charge in [0.25, 0.3) is 0 Å². The topological polar surface area (TPSA) is 20.2 Å². The summed E-state index contributed by atoms with van der Waals surface area (Å²) in [7, 11) is 0. The van der Waals surface area contributed by atoms with E-state index in [-0.39, 0.29) is 6.10 Å². The van der Waals surface area contributed by atoms with Crippen LogP contribution in [0.1, 0.15) is 63.9 Å². The fraction of sp³-hybridized carbons (Fsp3) is 0.478. The Morgan fingerprint density at radius 3 is 2.00 bits per heavy atom. The first-order valence-electron chi connectivity index (χ1n) is 10.1. The molecule has 0 radical (unpaired) electrons. The Labute approximate surface area is 189 Å². The number of halogens is 1. The third kappa shape index (κ3) is 6.27. The highest BCUT2D eigenvalue weighted by molar-refractivity contribution is 9.11. The molecule has 3 aromatic heterocycles. The van der Waals surface area contributed by atoms with E-state index in [1.807, 2.05) is 11.3 Å². The minimum absolute atomic E-state index is 0.334. The first kappa shape index (κ1) is 22.2. The first-order valence-corrected chi connectivity index (χ1v) is 13.3. The lowest BCUT2D eigenvalue weighted by Gasteiger charge is -2.14. The van der Waals surface area contributed by atoms with Gasteiger partial charge in [0, 0.05) is 24.4 Å². The number of aliphatic hydroxyl groups excluding tert-OH is 1. The molecule has 1 N–H and O–H groups in total. The maximum Gasteiger partial charge on any atom is 0.0882 e. The molecule has 2 unspecified atom stereocenters. The van der Waals surface area contributed by atoms with Crippen molar-refractivity contribution in [2.24, 2.45) is 11.8 Å². The molecule has 0 fully saturated rings. The molecule has 0 aliphatic rings. The molecule has 0 bridgehead atoms. The fourth-order valence-corrected chi connectivity index (χ4v) is 6.92. The van der Waals surface area contributed by atoms with E-state index in [2.05, 4.69) is 73.1 Å². The highest BCUT2D eigenvalue weighted by Crippen LogP contribution is 2.42. The summed E-state index contributed by atoms with van der Waals surface area (Å²) in [6, 6.07) is 12.9. The second-order valence-electron chi connectivity index (χ2n) is 7.99. The van der Waals surface area contributed by atoms with Crippen molar-refractivity contribution in [1.82, 2.24) is 0 Å². The molecule has 152 valence electrons. The molecule has 0 spiro atoms. The van der Waals surface area contributed by atoms with E-state index in [9.17, 15) is 5.11 Å². The van der Waals surface area contributed by atoms with Gasteiger partial charge in [-0.1, -0.05) is 40.0 Å². The van der Waals surface area contributed by atoms with Crippen molar-refractivity contribution in [1.29, 1.82) is 0 Å². The Balaban J connectivity index is 1.54. The second kappa shape index (κ2) is 10.5. The zero-order valence-corrected chi connectivity index (χ0v) is 20.8. The van der Waals surface area contributed by atoms with Crippen LogP contribution in [0.2, 0.25) is 0 Å². The zero-order chi connectivity index (χ0) is 20.1. The summed E-state index contributed by atoms with van der Waals surface area (Å²) in [5, 5.41) is 10.6. The third-order valence-electron chi connectivity index (χ3n) is 5.03. The van der Waals surface area contributed by atoms with Crippen LogP contribution in [-0.2, 0) is 0 Å². The summed E-state index contributed by atoms with van der Waals surface area (Å²) in [6.45, 7) is 6.90. The summed E-state index contributed by atoms with van der Waals surface area (Å²) in [5.74, 6) is 1.49. The number of rotatable bonds is 10. The molecule has 0 saturated carbocycles. The minimum Gasteiger partial charge on any atom is -0.388 e. The van der Waals surface area contributed by atoms with Crippen LogP contribution in [0.3, 0.4) is 0 Å². The van der Waals surface area contributed by atoms with Gasteiger partial charge in [-0.05, 0) is 77.0 Å². The van der Waals surface area contributed by atoms with E-state index in [1.54, 1.807) is 22.7 Å². The van der Waals surface area contributed by atoms with Crippen LogP contribution in [0.25, 0.3) is 19.5 Å². The highest BCUT2D eigenvalue weighted by Gasteiger charge is 2.15. The Hall–Kier alpha value is -0.460. The molecule has 3 rings (SSSR count). The van der Waals surface area contributed by atoms with Gasteiger partial charge in [-0.3, -0.25) is 0 Å². The second-order valence-corrected chi connectivity index (χ2v) is 12.7. The molecule has 0 saturated heterocycles. The molecule has 0 aromatic carbocycles. The predicted octanol–water partition coefficient (Wildman–Crippen LogP) is 9.24. The van der Waals surface area contributed by atoms with Crippen LogP contribution in [0.15, 0.2) is 40.2 Å². The van der Waals surface area contributed by atoms with Crippen LogP contribution in [0, 0.1) is 11.8 Å². The molecule has 1 nitrogen and oxygen atoms in total. The van der Waals surface area contributed by atoms with Crippen LogP contribution in [0.4, 0.5) is 0 Å². The van der Waals surface area contributed by atoms with E-state index < -0.39 is 0 Å². The number of hydrogen-bond donors (Lipinski definition) is 1. The lowest BCUT2D eigenvalue weighted by atomic mass is 9.95. The quantitative estimate of drug-likeness (QED) is 0.296. The molecule has 0 aliphatic heterocycles. The largest absolute Gasteiger partial charge is 0.388 e. The zero-order valence-electron chi connectivity index (χ0n) is 16.8. The maximum absolute atomic E-state index is 10.6. The molecule has 28 heavy (non-hydrogen) atoms. The van der Waals surface area contributed by atoms with Gasteiger partial charge in [-0.25, -0.2) is 0 Å². The average Bonchev–Trinajstić information content (AvgIpc) is 3.38. The smallest absolute Gasteiger partial charge is 0.0882 e. The first-order chi connectivity index (χ1) is 13.4. The molecule has 2 atom stereocenters. The van der Waals surface area contributed by atoms with E-state index >= 15 is 0 Å². The monoisotopic (exact) mass is 496 g/mol. The Kier molecular flexibility index (Phi) is 8.36. The molecule has 0 aliphatic carbocycles. The van der Waals surface area contributed by atoms with E-state index in [4.69, 9.17) is 0 Å². The van der Waals surface area contributed by atoms with Crippen LogP contribution in [-0.4, -0.2) is 5.11 Å². The number of hydrogen-bond acceptors (Lipinski definition) is 4. The molecular weight excluding hydrogens is 468 g/mol. The lowest BCUT2D eigenvalue weighted by Crippen LogP contribution is -2.01. The lowest BCUT2D eigenvalue weighted by molar-refractivity contribution is 0.160. The maximum atomic E-state index is 10.6. The van der Waals surface area contributed by atoms with E-state index in [0.29, 0.717) is 5.92 Å². The van der Waals surface area contributed by atoms with Crippen molar-refractivity contribution < 1.29 is 5.11 Å². The normalized spacial score (nSPS) is 13.9. The Bertz CT molecular complexity index is 861. The van der Waals surface area contributed by atoms with Crippen molar-refractivity contribution in [3.05, 3.63) is 45.1 Å². The molecule has 0 amide bonds. The van der Waals surface area contributed by atoms with Crippen LogP contribution >= 0.6 is 49.9 Å². The standard InChI is InChI=1S/C23H29BrOS3/c1-15(2)5-4-6-16(3)7-8-17(25)18-9-10-19(26-18)20-11-12-21(27-20)22-13-14-23(24)28-22/h9-17,25H,4-8H2,1-3H3. The number of aliphatic hydroxyl groups is 1. The predicted molar refractivity (Wildman–Crippen MR) is 131 cm³/mol. The van der Waals surface area contributed by atoms with Gasteiger partial charge in [-0.2, -0.15) is 0 Å². The summed E-state index contributed by atoms with van der Waals surface area (Å²) in [5.41, 5.74) is 0. The molecule has 3 aromatic rings. The summed E-state index contributed by atoms with van der Waals surface area (Å²) < 4.78 is 1.16. The van der Waals surface area contributed by atoms with Crippen LogP contribution < -0.4 is 0 Å². The SMILES string of the molecule is CC(C)CCCC(C)CCC(O)c1ccc(-c2ccc(-c3ccc(Br)s3)s2)s1. The fourth-order valence-electron chi connectivity index (χ4n) is 3.32. The van der Waals surface area contributed by atoms with Crippen molar-refractivity contribution >= 4 is 49.9 Å². The van der Waals surface area contributed by atoms with Gasteiger partial charge in [0.05, 0.1) is 9.89 Å². The van der Waals surface area contributed by atoms with Crippen molar-refractivity contribution in [3.63, 3.8) is 0 Å². The van der Waals surface area contributed by atoms with E-state index in [1.165, 1.54) is 38.8 Å². The van der Waals surface area contributed by atoms with E-state index in [0.717, 1.165) is 27.4 Å². The van der Waals surface area contributed by atoms with Crippen molar-refractivity contribution in [2.75, 3.05) is 0 Å². The molecule has 5 heteroatoms. The van der Waals surface area contributed by atoms with Gasteiger partial charge >= 0.3 is 0 Å². The summed E-state index contributed by atoms with van der Waals surface area (Å²) in [6.07, 6.45) is 5.52. The van der Waals surface area contributed by atoms with Gasteiger partial charge in [0.15, 0.2) is 0 Å². The molecular formula is C23H29BrOS3. The highest BCUT2D eigenvalue weighted by atomic mass is 79.9. The van der Waals surface area contributed by atoms with Gasteiger partial charge in [-0.15, -0.1) is 34.0 Å². The Morgan fingerprint density at radius 1 is 0.750 bits per heavy atom. The van der Waals surface area contributed by atoms with Gasteiger partial charge < -0.3 is 5.11 Å². The Morgan fingerprint density at radius 2 is 1.36 bits per heavy atom. The van der Waals surface area contributed by atoms with Crippen molar-refractivity contribution in [2.45, 2.75) is 59.0 Å². The summed E-state index contributed by atoms with van der Waals surface area (Å²) >= 11 is 8.87. The minimum atomic E-state index is -0.334.